The number of nitrogens with one attached hydrogen (secondary N) is 1. The van der Waals surface area contributed by atoms with Gasteiger partial charge in [-0.1, -0.05) is 35.5 Å². The summed E-state index contributed by atoms with van der Waals surface area (Å²) in [4.78, 5) is 23.6. The maximum Gasteiger partial charge on any atom is 0.177 e. The van der Waals surface area contributed by atoms with Crippen molar-refractivity contribution in [2.45, 2.75) is 24.8 Å². The highest BCUT2D eigenvalue weighted by Crippen LogP contribution is 2.46. The minimum atomic E-state index is -0.337. The van der Waals surface area contributed by atoms with Crippen LogP contribution in [0.25, 0.3) is 5.70 Å². The Kier molecular flexibility index (Phi) is 8.85. The largest absolute Gasteiger partial charge is 0.497 e. The number of hydrogen-bond donors (Lipinski definition) is 3. The Morgan fingerprint density at radius 3 is 2.52 bits per heavy atom. The number of hydrogen-bond acceptors (Lipinski definition) is 10. The summed E-state index contributed by atoms with van der Waals surface area (Å²) in [5, 5.41) is 6.74. The van der Waals surface area contributed by atoms with Crippen LogP contribution < -0.4 is 21.5 Å². The molecule has 0 radical (unpaired) electrons. The molecule has 1 fully saturated rings. The van der Waals surface area contributed by atoms with E-state index in [9.17, 15) is 9.18 Å². The number of benzene rings is 2. The number of nitrogen functional groups attached to an aromatic ring is 1. The van der Waals surface area contributed by atoms with Gasteiger partial charge in [0.1, 0.15) is 29.8 Å². The number of methoxy groups -OCH3 is 1. The molecule has 40 heavy (non-hydrogen) atoms. The number of ether oxygens (including phenoxy) is 1. The van der Waals surface area contributed by atoms with E-state index < -0.39 is 0 Å². The van der Waals surface area contributed by atoms with Gasteiger partial charge in [-0.25, -0.2) is 14.4 Å². The third kappa shape index (κ3) is 6.68. The van der Waals surface area contributed by atoms with E-state index in [4.69, 9.17) is 20.7 Å². The van der Waals surface area contributed by atoms with Crippen LogP contribution in [0.3, 0.4) is 0 Å². The highest BCUT2D eigenvalue weighted by atomic mass is 19.1. The van der Waals surface area contributed by atoms with Gasteiger partial charge in [0.2, 0.25) is 0 Å². The molecule has 1 aliphatic rings. The molecule has 10 nitrogen and oxygen atoms in total. The van der Waals surface area contributed by atoms with Crippen molar-refractivity contribution >= 4 is 29.2 Å². The van der Waals surface area contributed by atoms with Gasteiger partial charge in [0.15, 0.2) is 11.6 Å². The first-order chi connectivity index (χ1) is 19.4. The molecule has 2 aromatic carbocycles. The second-order valence-corrected chi connectivity index (χ2v) is 9.02. The SMILES string of the molecule is CNc1cnc(/C(N)=C/C(=NCc2ccccc2F)c2ccon2)nc1N.COc1ccc(C2(C=O)CC2)cc1. The summed E-state index contributed by atoms with van der Waals surface area (Å²) in [5.74, 6) is 1.01. The summed E-state index contributed by atoms with van der Waals surface area (Å²) in [6.45, 7) is 0.111. The molecule has 5 rings (SSSR count). The van der Waals surface area contributed by atoms with Gasteiger partial charge >= 0.3 is 0 Å². The van der Waals surface area contributed by atoms with Crippen LogP contribution in [-0.4, -0.2) is 41.3 Å². The van der Waals surface area contributed by atoms with Crippen molar-refractivity contribution in [2.24, 2.45) is 10.7 Å². The lowest BCUT2D eigenvalue weighted by atomic mass is 9.98. The second-order valence-electron chi connectivity index (χ2n) is 9.02. The predicted molar refractivity (Wildman–Crippen MR) is 151 cm³/mol. The van der Waals surface area contributed by atoms with Crippen LogP contribution in [0.1, 0.15) is 35.5 Å². The monoisotopic (exact) mass is 543 g/mol. The van der Waals surface area contributed by atoms with Crippen LogP contribution in [0.5, 0.6) is 5.75 Å². The molecule has 1 aliphatic carbocycles. The number of carbonyl (C=O) groups excluding carboxylic acids is 1. The number of rotatable bonds is 9. The average Bonchev–Trinajstić information content (AvgIpc) is 3.60. The van der Waals surface area contributed by atoms with Gasteiger partial charge in [0.25, 0.3) is 0 Å². The zero-order valence-corrected chi connectivity index (χ0v) is 22.2. The molecule has 5 N–H and O–H groups in total. The van der Waals surface area contributed by atoms with Crippen LogP contribution in [0.4, 0.5) is 15.9 Å². The minimum Gasteiger partial charge on any atom is -0.497 e. The molecule has 2 aromatic heterocycles. The van der Waals surface area contributed by atoms with E-state index in [-0.39, 0.29) is 35.1 Å². The molecule has 0 spiro atoms. The van der Waals surface area contributed by atoms with Crippen LogP contribution in [0.15, 0.2) is 82.6 Å². The Morgan fingerprint density at radius 1 is 1.20 bits per heavy atom. The van der Waals surface area contributed by atoms with E-state index in [0.717, 1.165) is 30.4 Å². The molecule has 2 heterocycles. The van der Waals surface area contributed by atoms with Crippen LogP contribution >= 0.6 is 0 Å². The average molecular weight is 544 g/mol. The first-order valence-electron chi connectivity index (χ1n) is 12.5. The molecule has 4 aromatic rings. The number of aromatic nitrogens is 3. The van der Waals surface area contributed by atoms with Gasteiger partial charge in [-0.05, 0) is 42.7 Å². The summed E-state index contributed by atoms with van der Waals surface area (Å²) < 4.78 is 23.8. The lowest BCUT2D eigenvalue weighted by Gasteiger charge is -2.07. The van der Waals surface area contributed by atoms with Gasteiger partial charge < -0.3 is 30.8 Å². The predicted octanol–water partition coefficient (Wildman–Crippen LogP) is 4.14. The molecular weight excluding hydrogens is 513 g/mol. The Hall–Kier alpha value is -5.06. The Labute approximate surface area is 231 Å². The maximum absolute atomic E-state index is 13.8. The molecule has 0 aliphatic heterocycles. The van der Waals surface area contributed by atoms with Crippen molar-refractivity contribution in [1.29, 1.82) is 0 Å². The number of nitrogens with two attached hydrogens (primary N) is 2. The summed E-state index contributed by atoms with van der Waals surface area (Å²) in [5.41, 5.74) is 15.1. The van der Waals surface area contributed by atoms with Crippen molar-refractivity contribution in [2.75, 3.05) is 25.2 Å². The third-order valence-electron chi connectivity index (χ3n) is 6.40. The molecule has 0 unspecified atom stereocenters. The lowest BCUT2D eigenvalue weighted by Crippen LogP contribution is -2.10. The summed E-state index contributed by atoms with van der Waals surface area (Å²) in [6.07, 6.45) is 7.53. The second kappa shape index (κ2) is 12.7. The minimum absolute atomic E-state index is 0.111. The first kappa shape index (κ1) is 28.0. The normalized spacial score (nSPS) is 14.1. The van der Waals surface area contributed by atoms with Gasteiger partial charge in [-0.15, -0.1) is 0 Å². The number of halogens is 1. The van der Waals surface area contributed by atoms with Gasteiger partial charge in [0, 0.05) is 18.7 Å². The fourth-order valence-electron chi connectivity index (χ4n) is 3.81. The molecule has 1 saturated carbocycles. The summed E-state index contributed by atoms with van der Waals surface area (Å²) in [7, 11) is 3.35. The molecular formula is C29H30FN7O3. The first-order valence-corrected chi connectivity index (χ1v) is 12.5. The number of nitrogens with zero attached hydrogens (tertiary/aromatic N) is 4. The van der Waals surface area contributed by atoms with E-state index in [1.165, 1.54) is 18.5 Å². The topological polar surface area (TPSA) is 155 Å². The number of anilines is 2. The zero-order valence-electron chi connectivity index (χ0n) is 22.2. The van der Waals surface area contributed by atoms with Gasteiger partial charge in [-0.2, -0.15) is 0 Å². The van der Waals surface area contributed by atoms with Crippen LogP contribution in [-0.2, 0) is 16.8 Å². The van der Waals surface area contributed by atoms with Crippen LogP contribution in [0, 0.1) is 5.82 Å². The Morgan fingerprint density at radius 2 is 1.95 bits per heavy atom. The van der Waals surface area contributed by atoms with E-state index in [2.05, 4.69) is 25.4 Å². The van der Waals surface area contributed by atoms with E-state index in [1.807, 2.05) is 24.3 Å². The quantitative estimate of drug-likeness (QED) is 0.209. The van der Waals surface area contributed by atoms with Crippen molar-refractivity contribution in [1.82, 2.24) is 15.1 Å². The Bertz CT molecular complexity index is 1500. The van der Waals surface area contributed by atoms with E-state index >= 15 is 0 Å². The van der Waals surface area contributed by atoms with Crippen molar-refractivity contribution < 1.29 is 18.4 Å². The molecule has 0 atom stereocenters. The molecule has 0 amide bonds. The zero-order chi connectivity index (χ0) is 28.5. The number of carbonyl (C=O) groups is 1. The van der Waals surface area contributed by atoms with Crippen molar-refractivity contribution in [3.8, 4) is 5.75 Å². The van der Waals surface area contributed by atoms with E-state index in [1.54, 1.807) is 44.5 Å². The smallest absolute Gasteiger partial charge is 0.177 e. The molecule has 11 heteroatoms. The summed E-state index contributed by atoms with van der Waals surface area (Å²) >= 11 is 0. The van der Waals surface area contributed by atoms with Gasteiger partial charge in [-0.3, -0.25) is 4.99 Å². The molecule has 0 saturated heterocycles. The maximum atomic E-state index is 13.8. The number of aldehydes is 1. The van der Waals surface area contributed by atoms with Gasteiger partial charge in [0.05, 0.1) is 42.4 Å². The summed E-state index contributed by atoms with van der Waals surface area (Å²) in [6, 6.07) is 15.8. The lowest BCUT2D eigenvalue weighted by molar-refractivity contribution is -0.109. The highest BCUT2D eigenvalue weighted by Gasteiger charge is 2.44. The number of aliphatic imine (C=N–C) groups is 1. The fraction of sp³-hybridized carbons (Fsp3) is 0.207. The van der Waals surface area contributed by atoms with Crippen molar-refractivity contribution in [3.63, 3.8) is 0 Å². The molecule has 206 valence electrons. The standard InChI is InChI=1S/C18H18FN7O.C11H12O2/c1-22-16-10-24-18(25-17(16)21)13(20)8-15(14-6-7-27-26-14)23-9-11-4-2-3-5-12(11)19;1-13-10-4-2-9(3-5-10)11(8-12)6-7-11/h2-8,10,22H,9,20H2,1H3,(H2,21,24,25);2-5,8H,6-7H2,1H3/b13-8-,23-15?;. The highest BCUT2D eigenvalue weighted by molar-refractivity contribution is 6.10. The molecule has 0 bridgehead atoms. The number of allylic oxidation sites excluding steroid dienone is 1. The van der Waals surface area contributed by atoms with Crippen LogP contribution in [0.2, 0.25) is 0 Å². The van der Waals surface area contributed by atoms with Crippen molar-refractivity contribution in [3.05, 3.63) is 102 Å². The van der Waals surface area contributed by atoms with E-state index in [0.29, 0.717) is 22.7 Å². The Balaban J connectivity index is 0.000000236. The third-order valence-corrected chi connectivity index (χ3v) is 6.40. The fourth-order valence-corrected chi connectivity index (χ4v) is 3.81.